The maximum Gasteiger partial charge on any atom is 0.281 e. The summed E-state index contributed by atoms with van der Waals surface area (Å²) >= 11 is 0. The highest BCUT2D eigenvalue weighted by Gasteiger charge is 2.10. The van der Waals surface area contributed by atoms with Gasteiger partial charge in [0.05, 0.1) is 5.56 Å². The van der Waals surface area contributed by atoms with Crippen molar-refractivity contribution in [1.29, 1.82) is 0 Å². The minimum atomic E-state index is -0.722. The summed E-state index contributed by atoms with van der Waals surface area (Å²) in [4.78, 5) is 37.1. The lowest BCUT2D eigenvalue weighted by atomic mass is 10.2. The van der Waals surface area contributed by atoms with Gasteiger partial charge in [0.25, 0.3) is 11.8 Å². The molecule has 3 amide bonds. The van der Waals surface area contributed by atoms with Crippen molar-refractivity contribution in [2.75, 3.05) is 13.2 Å². The number of para-hydroxylation sites is 1. The molecule has 1 aromatic rings. The first-order valence-corrected chi connectivity index (χ1v) is 5.21. The van der Waals surface area contributed by atoms with Crippen LogP contribution in [0.25, 0.3) is 0 Å². The lowest BCUT2D eigenvalue weighted by molar-refractivity contribution is -0.139. The lowest BCUT2D eigenvalue weighted by Gasteiger charge is -2.09. The molecule has 102 valence electrons. The van der Waals surface area contributed by atoms with Gasteiger partial charge < -0.3 is 16.2 Å². The third-order valence-electron chi connectivity index (χ3n) is 1.91. The van der Waals surface area contributed by atoms with Gasteiger partial charge in [0.2, 0.25) is 5.91 Å². The van der Waals surface area contributed by atoms with Gasteiger partial charge in [-0.3, -0.25) is 19.2 Å². The predicted octanol–water partition coefficient (Wildman–Crippen LogP) is -1.30. The normalized spacial score (nSPS) is 9.68. The van der Waals surface area contributed by atoms with Gasteiger partial charge in [0.15, 0.2) is 13.2 Å². The Hall–Kier alpha value is -2.61. The molecule has 0 atom stereocenters. The highest BCUT2D eigenvalue weighted by molar-refractivity contribution is 5.95. The molecule has 1 aromatic carbocycles. The third-order valence-corrected chi connectivity index (χ3v) is 1.91. The number of primary amides is 2. The number of hydroxylamine groups is 1. The number of nitrogens with one attached hydrogen (secondary N) is 1. The maximum absolute atomic E-state index is 11.2. The Bertz CT molecular complexity index is 489. The first-order valence-electron chi connectivity index (χ1n) is 5.21. The van der Waals surface area contributed by atoms with Crippen LogP contribution in [0.3, 0.4) is 0 Å². The molecular formula is C11H13N3O5. The molecule has 0 spiro atoms. The minimum absolute atomic E-state index is 0.161. The van der Waals surface area contributed by atoms with E-state index < -0.39 is 30.9 Å². The molecule has 1 rings (SSSR count). The van der Waals surface area contributed by atoms with E-state index in [4.69, 9.17) is 16.2 Å². The number of benzene rings is 1. The van der Waals surface area contributed by atoms with E-state index in [1.165, 1.54) is 12.1 Å². The molecule has 5 N–H and O–H groups in total. The molecule has 0 saturated heterocycles. The topological polar surface area (TPSA) is 134 Å². The van der Waals surface area contributed by atoms with Crippen LogP contribution in [0.15, 0.2) is 24.3 Å². The number of nitrogens with two attached hydrogens (primary N) is 2. The van der Waals surface area contributed by atoms with E-state index in [0.717, 1.165) is 0 Å². The van der Waals surface area contributed by atoms with Crippen LogP contribution in [-0.4, -0.2) is 30.9 Å². The van der Waals surface area contributed by atoms with Crippen molar-refractivity contribution in [2.45, 2.75) is 0 Å². The minimum Gasteiger partial charge on any atom is -0.483 e. The fourth-order valence-electron chi connectivity index (χ4n) is 1.16. The summed E-state index contributed by atoms with van der Waals surface area (Å²) in [7, 11) is 0. The van der Waals surface area contributed by atoms with Gasteiger partial charge >= 0.3 is 0 Å². The summed E-state index contributed by atoms with van der Waals surface area (Å²) in [5.74, 6) is -1.85. The van der Waals surface area contributed by atoms with E-state index in [1.807, 2.05) is 5.48 Å². The molecule has 0 unspecified atom stereocenters. The zero-order valence-corrected chi connectivity index (χ0v) is 9.92. The highest BCUT2D eigenvalue weighted by atomic mass is 16.7. The van der Waals surface area contributed by atoms with Gasteiger partial charge in [-0.1, -0.05) is 12.1 Å². The average molecular weight is 267 g/mol. The zero-order chi connectivity index (χ0) is 14.3. The van der Waals surface area contributed by atoms with E-state index in [1.54, 1.807) is 12.1 Å². The Morgan fingerprint density at radius 3 is 2.42 bits per heavy atom. The molecule has 0 saturated carbocycles. The Kier molecular flexibility index (Phi) is 5.30. The number of hydrogen-bond donors (Lipinski definition) is 3. The number of ether oxygens (including phenoxy) is 1. The Morgan fingerprint density at radius 2 is 1.79 bits per heavy atom. The number of hydrogen-bond acceptors (Lipinski definition) is 5. The molecule has 0 aliphatic carbocycles. The largest absolute Gasteiger partial charge is 0.483 e. The van der Waals surface area contributed by atoms with Gasteiger partial charge in [-0.25, -0.2) is 5.48 Å². The highest BCUT2D eigenvalue weighted by Crippen LogP contribution is 2.16. The number of carbonyl (C=O) groups is 3. The van der Waals surface area contributed by atoms with Crippen molar-refractivity contribution in [1.82, 2.24) is 5.48 Å². The third kappa shape index (κ3) is 5.04. The zero-order valence-electron chi connectivity index (χ0n) is 9.92. The SMILES string of the molecule is NC(=O)CONC(=O)COc1ccccc1C(N)=O. The average Bonchev–Trinajstić information content (AvgIpc) is 2.36. The van der Waals surface area contributed by atoms with Crippen molar-refractivity contribution < 1.29 is 24.0 Å². The van der Waals surface area contributed by atoms with Crippen molar-refractivity contribution >= 4 is 17.7 Å². The van der Waals surface area contributed by atoms with Crippen LogP contribution >= 0.6 is 0 Å². The molecule has 8 heteroatoms. The molecule has 19 heavy (non-hydrogen) atoms. The van der Waals surface area contributed by atoms with Crippen molar-refractivity contribution in [3.8, 4) is 5.75 Å². The summed E-state index contributed by atoms with van der Waals surface area (Å²) in [6.07, 6.45) is 0. The van der Waals surface area contributed by atoms with Crippen LogP contribution in [0, 0.1) is 0 Å². The van der Waals surface area contributed by atoms with Gasteiger partial charge in [0, 0.05) is 0 Å². The summed E-state index contributed by atoms with van der Waals surface area (Å²) in [6.45, 7) is -0.841. The smallest absolute Gasteiger partial charge is 0.281 e. The molecule has 8 nitrogen and oxygen atoms in total. The first kappa shape index (κ1) is 14.5. The lowest BCUT2D eigenvalue weighted by Crippen LogP contribution is -2.32. The second-order valence-corrected chi connectivity index (χ2v) is 3.43. The van der Waals surface area contributed by atoms with Crippen molar-refractivity contribution in [3.05, 3.63) is 29.8 Å². The number of carbonyl (C=O) groups excluding carboxylic acids is 3. The molecule has 0 aliphatic rings. The summed E-state index contributed by atoms with van der Waals surface area (Å²) in [5.41, 5.74) is 12.1. The van der Waals surface area contributed by atoms with Gasteiger partial charge in [0.1, 0.15) is 5.75 Å². The molecule has 0 aromatic heterocycles. The van der Waals surface area contributed by atoms with Crippen molar-refractivity contribution in [2.24, 2.45) is 11.5 Å². The van der Waals surface area contributed by atoms with Crippen LogP contribution in [0.5, 0.6) is 5.75 Å². The van der Waals surface area contributed by atoms with E-state index in [-0.39, 0.29) is 11.3 Å². The van der Waals surface area contributed by atoms with Crippen LogP contribution in [0.4, 0.5) is 0 Å². The quantitative estimate of drug-likeness (QED) is 0.528. The summed E-state index contributed by atoms with van der Waals surface area (Å²) in [5, 5.41) is 0. The second-order valence-electron chi connectivity index (χ2n) is 3.43. The van der Waals surface area contributed by atoms with E-state index in [2.05, 4.69) is 4.84 Å². The Balaban J connectivity index is 2.46. The molecule has 0 radical (unpaired) electrons. The van der Waals surface area contributed by atoms with Crippen LogP contribution in [0.2, 0.25) is 0 Å². The predicted molar refractivity (Wildman–Crippen MR) is 63.7 cm³/mol. The van der Waals surface area contributed by atoms with Gasteiger partial charge in [-0.05, 0) is 12.1 Å². The monoisotopic (exact) mass is 267 g/mol. The molecule has 0 heterocycles. The summed E-state index contributed by atoms with van der Waals surface area (Å²) < 4.78 is 5.11. The molecule has 0 aliphatic heterocycles. The van der Waals surface area contributed by atoms with Crippen LogP contribution in [-0.2, 0) is 14.4 Å². The maximum atomic E-state index is 11.2. The van der Waals surface area contributed by atoms with Crippen LogP contribution in [0.1, 0.15) is 10.4 Å². The number of rotatable bonds is 7. The van der Waals surface area contributed by atoms with Gasteiger partial charge in [-0.2, -0.15) is 0 Å². The van der Waals surface area contributed by atoms with Crippen LogP contribution < -0.4 is 21.7 Å². The molecule has 0 fully saturated rings. The van der Waals surface area contributed by atoms with E-state index >= 15 is 0 Å². The van der Waals surface area contributed by atoms with E-state index in [0.29, 0.717) is 0 Å². The van der Waals surface area contributed by atoms with Gasteiger partial charge in [-0.15, -0.1) is 0 Å². The fourth-order valence-corrected chi connectivity index (χ4v) is 1.16. The molecule has 0 bridgehead atoms. The first-order chi connectivity index (χ1) is 9.00. The Labute approximate surface area is 108 Å². The number of amides is 3. The second kappa shape index (κ2) is 6.97. The fraction of sp³-hybridized carbons (Fsp3) is 0.182. The van der Waals surface area contributed by atoms with Crippen molar-refractivity contribution in [3.63, 3.8) is 0 Å². The standard InChI is InChI=1S/C11H13N3O5/c12-9(15)5-19-14-10(16)6-18-8-4-2-1-3-7(8)11(13)17/h1-4H,5-6H2,(H2,12,15)(H2,13,17)(H,14,16). The summed E-state index contributed by atoms with van der Waals surface area (Å²) in [6, 6.07) is 6.21. The Morgan fingerprint density at radius 1 is 1.11 bits per heavy atom. The molecular weight excluding hydrogens is 254 g/mol. The van der Waals surface area contributed by atoms with E-state index in [9.17, 15) is 14.4 Å².